The molecule has 3 unspecified atom stereocenters. The third-order valence-corrected chi connectivity index (χ3v) is 12.1. The molecule has 0 spiro atoms. The van der Waals surface area contributed by atoms with Gasteiger partial charge in [-0.15, -0.1) is 17.0 Å². The van der Waals surface area contributed by atoms with Crippen LogP contribution in [0.15, 0.2) is 96.6 Å². The Morgan fingerprint density at radius 1 is 0.750 bits per heavy atom. The molecule has 0 amide bonds. The number of aliphatic carboxylic acids is 2. The van der Waals surface area contributed by atoms with E-state index < -0.39 is 18.0 Å². The van der Waals surface area contributed by atoms with Crippen molar-refractivity contribution in [3.8, 4) is 0 Å². The van der Waals surface area contributed by atoms with Crippen molar-refractivity contribution in [1.82, 2.24) is 4.98 Å². The fraction of sp³-hybridized carbons (Fsp3) is 0.490. The minimum atomic E-state index is -1.02. The van der Waals surface area contributed by atoms with Crippen LogP contribution in [-0.2, 0) is 33.1 Å². The molecular formula is C49H62FeN4O6+. The zero-order valence-electron chi connectivity index (χ0n) is 36.4. The van der Waals surface area contributed by atoms with Crippen molar-refractivity contribution in [2.24, 2.45) is 32.7 Å². The predicted octanol–water partition coefficient (Wildman–Crippen LogP) is 7.66. The fourth-order valence-electron chi connectivity index (χ4n) is 8.53. The summed E-state index contributed by atoms with van der Waals surface area (Å²) in [7, 11) is 0. The fourth-order valence-corrected chi connectivity index (χ4v) is 8.53. The standard InChI is InChI=1S/C49H64N4O6.Fe/c1-9-34-31(6)39-25-45-49(46(55)18-12-17-30(5)16-11-15-29(4)14-10-13-28(2)3)33(8)40(52-45)24-44-37(27-54)36(20-22-48(58)59)43(53-44)26-42-35(19-21-47(56)57)32(7)38(51-42)23-41(34)50-39;/h9,23-30,46,55H,1,10-22H2,2-8H3,(H4,50,51,52,53,54,56,57,58,59);/q;+3/p-2. The SMILES string of the molecule is C=CC1=C(C)C2=CC3=NC(=CC4=NC(=C(CCC(=O)O)C4=C[O-])C=c4[n-]c(c(C)c4CCC(=O)O)=CC1=N2)C(C)=C3C(O)CCCC(C)CCCC(C)CCCC(C)C.[Fe+3]. The van der Waals surface area contributed by atoms with E-state index in [1.165, 1.54) is 38.5 Å². The second kappa shape index (κ2) is 21.8. The molecule has 5 rings (SSSR count). The topological polar surface area (TPSA) is 169 Å². The van der Waals surface area contributed by atoms with E-state index in [9.17, 15) is 30.0 Å². The average Bonchev–Trinajstić information content (AvgIpc) is 3.85. The molecule has 0 aliphatic carbocycles. The van der Waals surface area contributed by atoms with Gasteiger partial charge in [0.05, 0.1) is 40.3 Å². The number of hydrogen-bond acceptors (Lipinski definition) is 7. The zero-order valence-corrected chi connectivity index (χ0v) is 37.5. The first-order chi connectivity index (χ1) is 28.1. The molecule has 0 saturated carbocycles. The van der Waals surface area contributed by atoms with Crippen LogP contribution in [0.3, 0.4) is 0 Å². The molecule has 4 aliphatic rings. The summed E-state index contributed by atoms with van der Waals surface area (Å²) < 4.78 is 0. The molecule has 3 N–H and O–H groups in total. The molecule has 321 valence electrons. The van der Waals surface area contributed by atoms with Crippen LogP contribution in [0, 0.1) is 24.7 Å². The molecule has 0 saturated heterocycles. The van der Waals surface area contributed by atoms with Gasteiger partial charge in [-0.2, -0.15) is 0 Å². The van der Waals surface area contributed by atoms with Crippen LogP contribution in [0.5, 0.6) is 0 Å². The maximum atomic E-state index is 12.8. The van der Waals surface area contributed by atoms with E-state index in [1.54, 1.807) is 18.2 Å². The molecule has 60 heavy (non-hydrogen) atoms. The Labute approximate surface area is 366 Å². The monoisotopic (exact) mass is 858 g/mol. The van der Waals surface area contributed by atoms with E-state index in [0.717, 1.165) is 52.5 Å². The maximum absolute atomic E-state index is 12.8. The summed E-state index contributed by atoms with van der Waals surface area (Å²) in [6, 6.07) is 0. The number of carboxylic acid groups (broad SMARTS) is 2. The molecule has 10 nitrogen and oxygen atoms in total. The van der Waals surface area contributed by atoms with Crippen LogP contribution in [0.4, 0.5) is 0 Å². The van der Waals surface area contributed by atoms with Gasteiger partial charge < -0.3 is 25.4 Å². The molecule has 1 radical (unpaired) electrons. The first-order valence-corrected chi connectivity index (χ1v) is 21.4. The Morgan fingerprint density at radius 3 is 1.92 bits per heavy atom. The average molecular weight is 859 g/mol. The van der Waals surface area contributed by atoms with E-state index in [2.05, 4.69) is 34.3 Å². The smallest absolute Gasteiger partial charge is 0.877 e. The van der Waals surface area contributed by atoms with E-state index >= 15 is 0 Å². The summed E-state index contributed by atoms with van der Waals surface area (Å²) in [5, 5.41) is 45.0. The van der Waals surface area contributed by atoms with Crippen molar-refractivity contribution < 1.29 is 47.1 Å². The van der Waals surface area contributed by atoms with Gasteiger partial charge in [-0.3, -0.25) is 9.59 Å². The minimum absolute atomic E-state index is 0. The quantitative estimate of drug-likeness (QED) is 0.0894. The Hall–Kier alpha value is -4.57. The number of carbonyl (C=O) groups is 2. The molecule has 1 aromatic rings. The van der Waals surface area contributed by atoms with Crippen LogP contribution >= 0.6 is 0 Å². The van der Waals surface area contributed by atoms with Gasteiger partial charge >= 0.3 is 29.0 Å². The Bertz CT molecular complexity index is 2260. The van der Waals surface area contributed by atoms with Crippen molar-refractivity contribution in [2.45, 2.75) is 138 Å². The number of hydrogen-bond donors (Lipinski definition) is 3. The van der Waals surface area contributed by atoms with Crippen molar-refractivity contribution in [1.29, 1.82) is 0 Å². The Morgan fingerprint density at radius 2 is 1.32 bits per heavy atom. The largest absolute Gasteiger partial charge is 3.00 e. The normalized spacial score (nSPS) is 18.4. The van der Waals surface area contributed by atoms with Gasteiger partial charge in [0.25, 0.3) is 0 Å². The van der Waals surface area contributed by atoms with Gasteiger partial charge in [0.2, 0.25) is 0 Å². The summed E-state index contributed by atoms with van der Waals surface area (Å²) >= 11 is 0. The van der Waals surface area contributed by atoms with Crippen LogP contribution in [0.25, 0.3) is 12.2 Å². The van der Waals surface area contributed by atoms with Crippen LogP contribution in [0.2, 0.25) is 0 Å². The van der Waals surface area contributed by atoms with Crippen LogP contribution in [-0.4, -0.2) is 50.5 Å². The molecule has 3 atom stereocenters. The van der Waals surface area contributed by atoms with Crippen molar-refractivity contribution >= 4 is 41.2 Å². The number of nitrogens with zero attached hydrogens (tertiary/aromatic N) is 4. The molecule has 0 aromatic carbocycles. The third-order valence-electron chi connectivity index (χ3n) is 12.1. The molecule has 8 bridgehead atoms. The van der Waals surface area contributed by atoms with Crippen molar-refractivity contribution in [2.75, 3.05) is 0 Å². The maximum Gasteiger partial charge on any atom is 3.00 e. The summed E-state index contributed by atoms with van der Waals surface area (Å²) in [4.78, 5) is 43.3. The van der Waals surface area contributed by atoms with Gasteiger partial charge in [-0.25, -0.2) is 15.0 Å². The number of aromatic nitrogens is 1. The summed E-state index contributed by atoms with van der Waals surface area (Å²) in [5.41, 5.74) is 8.54. The summed E-state index contributed by atoms with van der Waals surface area (Å²) in [6.07, 6.45) is 18.8. The van der Waals surface area contributed by atoms with Gasteiger partial charge in [0.15, 0.2) is 0 Å². The Balaban J connectivity index is 0.00000794. The Kier molecular flexibility index (Phi) is 17.5. The van der Waals surface area contributed by atoms with E-state index in [4.69, 9.17) is 20.0 Å². The number of aliphatic imine (C=N–C) groups is 3. The van der Waals surface area contributed by atoms with E-state index in [-0.39, 0.29) is 48.3 Å². The van der Waals surface area contributed by atoms with Gasteiger partial charge in [-0.05, 0) is 92.2 Å². The second-order valence-electron chi connectivity index (χ2n) is 17.2. The number of carboxylic acids is 2. The van der Waals surface area contributed by atoms with Gasteiger partial charge in [0, 0.05) is 24.0 Å². The number of fused-ring (bicyclic) bond motifs is 5. The molecule has 1 aromatic heterocycles. The summed E-state index contributed by atoms with van der Waals surface area (Å²) in [6.45, 7) is 19.1. The molecule has 4 aliphatic heterocycles. The number of aliphatic hydroxyl groups excluding tert-OH is 1. The zero-order chi connectivity index (χ0) is 43.0. The molecule has 0 fully saturated rings. The molecule has 5 heterocycles. The minimum Gasteiger partial charge on any atom is -0.877 e. The second-order valence-corrected chi connectivity index (χ2v) is 17.2. The number of aliphatic hydroxyl groups is 1. The molecule has 11 heteroatoms. The first-order valence-electron chi connectivity index (χ1n) is 21.4. The van der Waals surface area contributed by atoms with Gasteiger partial charge in [0.1, 0.15) is 0 Å². The van der Waals surface area contributed by atoms with Crippen LogP contribution in [0.1, 0.15) is 130 Å². The first kappa shape index (κ1) is 48.1. The number of rotatable bonds is 20. The number of allylic oxidation sites excluding steroid dienone is 9. The molecular weight excluding hydrogens is 796 g/mol. The van der Waals surface area contributed by atoms with Gasteiger partial charge in [-0.1, -0.05) is 115 Å². The van der Waals surface area contributed by atoms with E-state index in [1.807, 2.05) is 32.9 Å². The van der Waals surface area contributed by atoms with Crippen molar-refractivity contribution in [3.63, 3.8) is 0 Å². The predicted molar refractivity (Wildman–Crippen MR) is 235 cm³/mol. The van der Waals surface area contributed by atoms with E-state index in [0.29, 0.717) is 74.7 Å². The third kappa shape index (κ3) is 11.8. The summed E-state index contributed by atoms with van der Waals surface area (Å²) in [5.74, 6) is 0.103. The van der Waals surface area contributed by atoms with Crippen molar-refractivity contribution in [3.05, 3.63) is 103 Å². The van der Waals surface area contributed by atoms with Crippen LogP contribution < -0.4 is 20.8 Å².